The predicted molar refractivity (Wildman–Crippen MR) is 69.3 cm³/mol. The SMILES string of the molecule is CCC(O)(CC)C(O)Cc1cc(Br)ccc1F. The lowest BCUT2D eigenvalue weighted by atomic mass is 9.87. The highest BCUT2D eigenvalue weighted by Crippen LogP contribution is 2.24. The molecule has 2 N–H and O–H groups in total. The van der Waals surface area contributed by atoms with Crippen molar-refractivity contribution < 1.29 is 14.6 Å². The Hall–Kier alpha value is -0.450. The van der Waals surface area contributed by atoms with Crippen LogP contribution in [0.15, 0.2) is 22.7 Å². The third-order valence-electron chi connectivity index (χ3n) is 3.27. The second kappa shape index (κ2) is 5.94. The van der Waals surface area contributed by atoms with Crippen LogP contribution in [-0.2, 0) is 6.42 Å². The molecule has 17 heavy (non-hydrogen) atoms. The van der Waals surface area contributed by atoms with Crippen LogP contribution in [0.5, 0.6) is 0 Å². The molecule has 0 amide bonds. The molecule has 0 fully saturated rings. The highest BCUT2D eigenvalue weighted by molar-refractivity contribution is 9.10. The second-order valence-electron chi connectivity index (χ2n) is 4.27. The van der Waals surface area contributed by atoms with Crippen LogP contribution in [0, 0.1) is 5.82 Å². The summed E-state index contributed by atoms with van der Waals surface area (Å²) in [6.45, 7) is 3.62. The molecule has 0 bridgehead atoms. The van der Waals surface area contributed by atoms with E-state index in [0.29, 0.717) is 18.4 Å². The van der Waals surface area contributed by atoms with E-state index in [2.05, 4.69) is 15.9 Å². The Bertz CT molecular complexity index is 378. The number of benzene rings is 1. The highest BCUT2D eigenvalue weighted by Gasteiger charge is 2.32. The van der Waals surface area contributed by atoms with Gasteiger partial charge in [0.05, 0.1) is 11.7 Å². The third-order valence-corrected chi connectivity index (χ3v) is 3.76. The number of aliphatic hydroxyl groups excluding tert-OH is 1. The first kappa shape index (κ1) is 14.6. The topological polar surface area (TPSA) is 40.5 Å². The molecule has 1 atom stereocenters. The molecule has 0 aliphatic rings. The molecule has 0 heterocycles. The van der Waals surface area contributed by atoms with Crippen molar-refractivity contribution in [1.82, 2.24) is 0 Å². The van der Waals surface area contributed by atoms with E-state index in [1.165, 1.54) is 6.07 Å². The Balaban J connectivity index is 2.87. The summed E-state index contributed by atoms with van der Waals surface area (Å²) in [6, 6.07) is 4.59. The zero-order valence-electron chi connectivity index (χ0n) is 10.1. The molecule has 1 rings (SSSR count). The van der Waals surface area contributed by atoms with Gasteiger partial charge in [-0.15, -0.1) is 0 Å². The van der Waals surface area contributed by atoms with Crippen LogP contribution in [0.25, 0.3) is 0 Å². The van der Waals surface area contributed by atoms with Gasteiger partial charge in [-0.3, -0.25) is 0 Å². The van der Waals surface area contributed by atoms with Crippen LogP contribution in [0.1, 0.15) is 32.3 Å². The average molecular weight is 305 g/mol. The first-order chi connectivity index (χ1) is 7.92. The molecular formula is C13H18BrFO2. The molecule has 0 radical (unpaired) electrons. The van der Waals surface area contributed by atoms with Gasteiger partial charge in [-0.05, 0) is 36.6 Å². The van der Waals surface area contributed by atoms with Crippen molar-refractivity contribution in [3.05, 3.63) is 34.1 Å². The smallest absolute Gasteiger partial charge is 0.126 e. The van der Waals surface area contributed by atoms with Crippen molar-refractivity contribution in [3.8, 4) is 0 Å². The Labute approximate surface area is 110 Å². The summed E-state index contributed by atoms with van der Waals surface area (Å²) in [5.41, 5.74) is -0.735. The van der Waals surface area contributed by atoms with E-state index in [-0.39, 0.29) is 12.2 Å². The maximum atomic E-state index is 13.5. The molecule has 1 unspecified atom stereocenters. The Morgan fingerprint density at radius 2 is 1.94 bits per heavy atom. The first-order valence-corrected chi connectivity index (χ1v) is 6.56. The molecule has 0 saturated heterocycles. The van der Waals surface area contributed by atoms with Crippen LogP contribution >= 0.6 is 15.9 Å². The highest BCUT2D eigenvalue weighted by atomic mass is 79.9. The summed E-state index contributed by atoms with van der Waals surface area (Å²) in [5.74, 6) is -0.359. The molecule has 0 aliphatic carbocycles. The van der Waals surface area contributed by atoms with Gasteiger partial charge in [-0.1, -0.05) is 29.8 Å². The van der Waals surface area contributed by atoms with Crippen LogP contribution in [0.3, 0.4) is 0 Å². The largest absolute Gasteiger partial charge is 0.390 e. The summed E-state index contributed by atoms with van der Waals surface area (Å²) >= 11 is 3.26. The van der Waals surface area contributed by atoms with Gasteiger partial charge in [0.1, 0.15) is 5.82 Å². The molecular weight excluding hydrogens is 287 g/mol. The van der Waals surface area contributed by atoms with Gasteiger partial charge >= 0.3 is 0 Å². The molecule has 0 aliphatic heterocycles. The van der Waals surface area contributed by atoms with Crippen LogP contribution in [0.2, 0.25) is 0 Å². The number of hydrogen-bond acceptors (Lipinski definition) is 2. The normalized spacial score (nSPS) is 13.8. The zero-order chi connectivity index (χ0) is 13.1. The maximum Gasteiger partial charge on any atom is 0.126 e. The Morgan fingerprint density at radius 3 is 2.47 bits per heavy atom. The van der Waals surface area contributed by atoms with Crippen LogP contribution in [0.4, 0.5) is 4.39 Å². The van der Waals surface area contributed by atoms with Gasteiger partial charge in [0.2, 0.25) is 0 Å². The fraction of sp³-hybridized carbons (Fsp3) is 0.538. The Kier molecular flexibility index (Phi) is 5.10. The first-order valence-electron chi connectivity index (χ1n) is 5.77. The van der Waals surface area contributed by atoms with Gasteiger partial charge < -0.3 is 10.2 Å². The quantitative estimate of drug-likeness (QED) is 0.878. The van der Waals surface area contributed by atoms with E-state index in [4.69, 9.17) is 0 Å². The minimum atomic E-state index is -1.14. The lowest BCUT2D eigenvalue weighted by Gasteiger charge is -2.31. The van der Waals surface area contributed by atoms with Gasteiger partial charge in [-0.2, -0.15) is 0 Å². The molecule has 1 aromatic carbocycles. The van der Waals surface area contributed by atoms with Gasteiger partial charge in [-0.25, -0.2) is 4.39 Å². The Morgan fingerprint density at radius 1 is 1.35 bits per heavy atom. The zero-order valence-corrected chi connectivity index (χ0v) is 11.7. The van der Waals surface area contributed by atoms with E-state index in [0.717, 1.165) is 4.47 Å². The second-order valence-corrected chi connectivity index (χ2v) is 5.18. The number of halogens is 2. The maximum absolute atomic E-state index is 13.5. The molecule has 0 spiro atoms. The van der Waals surface area contributed by atoms with Crippen molar-refractivity contribution >= 4 is 15.9 Å². The summed E-state index contributed by atoms with van der Waals surface area (Å²) in [4.78, 5) is 0. The summed E-state index contributed by atoms with van der Waals surface area (Å²) in [5, 5.41) is 20.1. The molecule has 4 heteroatoms. The third kappa shape index (κ3) is 3.50. The molecule has 0 saturated carbocycles. The average Bonchev–Trinajstić information content (AvgIpc) is 2.32. The van der Waals surface area contributed by atoms with Crippen molar-refractivity contribution in [2.24, 2.45) is 0 Å². The van der Waals surface area contributed by atoms with Crippen molar-refractivity contribution in [1.29, 1.82) is 0 Å². The molecule has 96 valence electrons. The fourth-order valence-corrected chi connectivity index (χ4v) is 2.23. The molecule has 2 nitrogen and oxygen atoms in total. The van der Waals surface area contributed by atoms with E-state index in [9.17, 15) is 14.6 Å². The monoisotopic (exact) mass is 304 g/mol. The van der Waals surface area contributed by atoms with E-state index in [1.54, 1.807) is 12.1 Å². The summed E-state index contributed by atoms with van der Waals surface area (Å²) in [7, 11) is 0. The number of rotatable bonds is 5. The van der Waals surface area contributed by atoms with Gasteiger partial charge in [0, 0.05) is 10.9 Å². The minimum absolute atomic E-state index is 0.115. The van der Waals surface area contributed by atoms with E-state index in [1.807, 2.05) is 13.8 Å². The number of hydrogen-bond donors (Lipinski definition) is 2. The summed E-state index contributed by atoms with van der Waals surface area (Å²) in [6.07, 6.45) is 0.0469. The summed E-state index contributed by atoms with van der Waals surface area (Å²) < 4.78 is 14.3. The lowest BCUT2D eigenvalue weighted by molar-refractivity contribution is -0.0792. The van der Waals surface area contributed by atoms with Crippen molar-refractivity contribution in [2.45, 2.75) is 44.8 Å². The fourth-order valence-electron chi connectivity index (χ4n) is 1.82. The lowest BCUT2D eigenvalue weighted by Crippen LogP contribution is -2.42. The van der Waals surface area contributed by atoms with E-state index < -0.39 is 11.7 Å². The van der Waals surface area contributed by atoms with Gasteiger partial charge in [0.25, 0.3) is 0 Å². The minimum Gasteiger partial charge on any atom is -0.390 e. The van der Waals surface area contributed by atoms with Crippen LogP contribution in [-0.4, -0.2) is 21.9 Å². The van der Waals surface area contributed by atoms with Gasteiger partial charge in [0.15, 0.2) is 0 Å². The molecule has 0 aromatic heterocycles. The van der Waals surface area contributed by atoms with E-state index >= 15 is 0 Å². The van der Waals surface area contributed by atoms with Crippen LogP contribution < -0.4 is 0 Å². The molecule has 1 aromatic rings. The number of aliphatic hydroxyl groups is 2. The predicted octanol–water partition coefficient (Wildman–Crippen LogP) is 3.04. The standard InChI is InChI=1S/C13H18BrFO2/c1-3-13(17,4-2)12(16)8-9-7-10(14)5-6-11(9)15/h5-7,12,16-17H,3-4,8H2,1-2H3. The van der Waals surface area contributed by atoms with Crippen molar-refractivity contribution in [2.75, 3.05) is 0 Å². The van der Waals surface area contributed by atoms with Crippen molar-refractivity contribution in [3.63, 3.8) is 0 Å².